The maximum absolute atomic E-state index is 12.7. The van der Waals surface area contributed by atoms with Crippen LogP contribution in [0.1, 0.15) is 27.9 Å². The molecule has 1 aliphatic heterocycles. The van der Waals surface area contributed by atoms with E-state index in [1.165, 1.54) is 18.2 Å². The molecule has 0 saturated carbocycles. The number of fused-ring (bicyclic) bond motifs is 2. The Labute approximate surface area is 114 Å². The highest BCUT2D eigenvalue weighted by atomic mass is 19.3. The summed E-state index contributed by atoms with van der Waals surface area (Å²) < 4.78 is 31.1. The number of nitrogens with one attached hydrogen (secondary N) is 1. The molecule has 0 radical (unpaired) electrons. The first kappa shape index (κ1) is 12.6. The van der Waals surface area contributed by atoms with Crippen LogP contribution in [0.5, 0.6) is 11.5 Å². The zero-order valence-electron chi connectivity index (χ0n) is 10.6. The highest BCUT2D eigenvalue weighted by Gasteiger charge is 2.22. The average Bonchev–Trinajstić information content (AvgIpc) is 2.54. The molecule has 1 aliphatic rings. The first-order valence-electron chi connectivity index (χ1n) is 6.06. The van der Waals surface area contributed by atoms with Crippen molar-refractivity contribution in [1.82, 2.24) is 0 Å². The van der Waals surface area contributed by atoms with Crippen LogP contribution >= 0.6 is 0 Å². The fourth-order valence-electron chi connectivity index (χ4n) is 2.07. The fourth-order valence-corrected chi connectivity index (χ4v) is 2.07. The van der Waals surface area contributed by atoms with Crippen LogP contribution in [-0.4, -0.2) is 5.91 Å². The van der Waals surface area contributed by atoms with E-state index in [1.54, 1.807) is 12.1 Å². The van der Waals surface area contributed by atoms with Crippen molar-refractivity contribution in [2.75, 3.05) is 5.32 Å². The molecule has 3 rings (SSSR count). The molecule has 20 heavy (non-hydrogen) atoms. The van der Waals surface area contributed by atoms with Gasteiger partial charge in [0.25, 0.3) is 12.3 Å². The molecule has 5 heteroatoms. The lowest BCUT2D eigenvalue weighted by molar-refractivity contribution is 0.102. The van der Waals surface area contributed by atoms with Gasteiger partial charge in [-0.05, 0) is 36.8 Å². The van der Waals surface area contributed by atoms with Crippen molar-refractivity contribution in [3.63, 3.8) is 0 Å². The van der Waals surface area contributed by atoms with E-state index in [2.05, 4.69) is 5.32 Å². The number of aryl methyl sites for hydroxylation is 1. The zero-order valence-corrected chi connectivity index (χ0v) is 10.6. The number of carbonyl (C=O) groups is 1. The van der Waals surface area contributed by atoms with Gasteiger partial charge >= 0.3 is 0 Å². The van der Waals surface area contributed by atoms with Gasteiger partial charge in [0.1, 0.15) is 5.75 Å². The number of rotatable bonds is 1. The normalized spacial score (nSPS) is 13.1. The van der Waals surface area contributed by atoms with Crippen molar-refractivity contribution in [2.45, 2.75) is 13.3 Å². The molecule has 0 fully saturated rings. The number of alkyl halides is 2. The topological polar surface area (TPSA) is 38.3 Å². The maximum atomic E-state index is 12.7. The lowest BCUT2D eigenvalue weighted by Crippen LogP contribution is -2.10. The number of ether oxygens (including phenoxy) is 1. The quantitative estimate of drug-likeness (QED) is 0.843. The monoisotopic (exact) mass is 275 g/mol. The molecule has 3 nitrogen and oxygen atoms in total. The molecule has 0 bridgehead atoms. The van der Waals surface area contributed by atoms with E-state index in [0.717, 1.165) is 5.56 Å². The lowest BCUT2D eigenvalue weighted by Gasteiger charge is -2.09. The van der Waals surface area contributed by atoms with Crippen LogP contribution in [0.4, 0.5) is 14.5 Å². The second kappa shape index (κ2) is 4.59. The van der Waals surface area contributed by atoms with Crippen LogP contribution in [0.15, 0.2) is 36.4 Å². The molecular weight excluding hydrogens is 264 g/mol. The van der Waals surface area contributed by atoms with Crippen molar-refractivity contribution in [3.8, 4) is 11.5 Å². The average molecular weight is 275 g/mol. The van der Waals surface area contributed by atoms with Gasteiger partial charge in [-0.15, -0.1) is 0 Å². The molecule has 0 aliphatic carbocycles. The number of benzene rings is 2. The Kier molecular flexibility index (Phi) is 2.89. The first-order valence-corrected chi connectivity index (χ1v) is 6.06. The van der Waals surface area contributed by atoms with Crippen LogP contribution < -0.4 is 10.1 Å². The predicted molar refractivity (Wildman–Crippen MR) is 70.6 cm³/mol. The van der Waals surface area contributed by atoms with Crippen molar-refractivity contribution >= 4 is 11.6 Å². The van der Waals surface area contributed by atoms with Crippen LogP contribution in [0, 0.1) is 6.92 Å². The first-order chi connectivity index (χ1) is 9.54. The van der Waals surface area contributed by atoms with Gasteiger partial charge < -0.3 is 10.1 Å². The smallest absolute Gasteiger partial charge is 0.263 e. The summed E-state index contributed by atoms with van der Waals surface area (Å²) in [5.74, 6) is 0.219. The predicted octanol–water partition coefficient (Wildman–Crippen LogP) is 4.29. The van der Waals surface area contributed by atoms with E-state index in [1.807, 2.05) is 13.0 Å². The third kappa shape index (κ3) is 2.11. The molecule has 0 spiro atoms. The van der Waals surface area contributed by atoms with E-state index >= 15 is 0 Å². The number of halogens is 2. The molecule has 0 saturated heterocycles. The Morgan fingerprint density at radius 3 is 2.65 bits per heavy atom. The van der Waals surface area contributed by atoms with Crippen LogP contribution in [-0.2, 0) is 0 Å². The highest BCUT2D eigenvalue weighted by molar-refractivity contribution is 6.08. The molecule has 2 aromatic carbocycles. The van der Waals surface area contributed by atoms with Crippen molar-refractivity contribution in [1.29, 1.82) is 0 Å². The Balaban J connectivity index is 2.13. The van der Waals surface area contributed by atoms with Gasteiger partial charge in [0, 0.05) is 5.56 Å². The second-order valence-electron chi connectivity index (χ2n) is 4.61. The minimum absolute atomic E-state index is 0.143. The molecule has 1 N–H and O–H groups in total. The molecule has 0 aromatic heterocycles. The molecular formula is C15H11F2NO2. The van der Waals surface area contributed by atoms with Crippen molar-refractivity contribution in [3.05, 3.63) is 53.1 Å². The summed E-state index contributed by atoms with van der Waals surface area (Å²) in [5.41, 5.74) is 1.54. The van der Waals surface area contributed by atoms with Gasteiger partial charge in [-0.1, -0.05) is 12.1 Å². The van der Waals surface area contributed by atoms with E-state index in [0.29, 0.717) is 11.4 Å². The van der Waals surface area contributed by atoms with Gasteiger partial charge in [0.15, 0.2) is 5.75 Å². The van der Waals surface area contributed by atoms with Crippen LogP contribution in [0.2, 0.25) is 0 Å². The number of anilines is 1. The fraction of sp³-hybridized carbons (Fsp3) is 0.133. The Bertz CT molecular complexity index is 698. The number of carbonyl (C=O) groups excluding carboxylic acids is 1. The highest BCUT2D eigenvalue weighted by Crippen LogP contribution is 2.37. The molecule has 102 valence electrons. The SMILES string of the molecule is Cc1ccc2c(c1)Oc1cc(C(F)F)ccc1C(=O)N2. The summed E-state index contributed by atoms with van der Waals surface area (Å²) in [4.78, 5) is 12.1. The van der Waals surface area contributed by atoms with Gasteiger partial charge in [-0.3, -0.25) is 4.79 Å². The molecule has 0 atom stereocenters. The lowest BCUT2D eigenvalue weighted by atomic mass is 10.1. The van der Waals surface area contributed by atoms with Gasteiger partial charge in [-0.25, -0.2) is 8.78 Å². The van der Waals surface area contributed by atoms with E-state index in [9.17, 15) is 13.6 Å². The minimum Gasteiger partial charge on any atom is -0.454 e. The summed E-state index contributed by atoms with van der Waals surface area (Å²) in [7, 11) is 0. The standard InChI is InChI=1S/C15H11F2NO2/c1-8-2-5-11-13(6-8)20-12-7-9(14(16)17)3-4-10(12)15(19)18-11/h2-7,14H,1H3,(H,18,19). The van der Waals surface area contributed by atoms with E-state index in [-0.39, 0.29) is 22.8 Å². The summed E-state index contributed by atoms with van der Waals surface area (Å²) in [6, 6.07) is 9.10. The molecule has 1 amide bonds. The summed E-state index contributed by atoms with van der Waals surface area (Å²) in [6.45, 7) is 1.88. The largest absolute Gasteiger partial charge is 0.454 e. The van der Waals surface area contributed by atoms with Crippen molar-refractivity contribution in [2.24, 2.45) is 0 Å². The van der Waals surface area contributed by atoms with Gasteiger partial charge in [0.05, 0.1) is 11.3 Å². The number of hydrogen-bond donors (Lipinski definition) is 1. The molecule has 1 heterocycles. The third-order valence-corrected chi connectivity index (χ3v) is 3.11. The Morgan fingerprint density at radius 2 is 1.90 bits per heavy atom. The van der Waals surface area contributed by atoms with Gasteiger partial charge in [-0.2, -0.15) is 0 Å². The summed E-state index contributed by atoms with van der Waals surface area (Å²) in [5, 5.41) is 2.70. The second-order valence-corrected chi connectivity index (χ2v) is 4.61. The van der Waals surface area contributed by atoms with E-state index < -0.39 is 6.43 Å². The Morgan fingerprint density at radius 1 is 1.10 bits per heavy atom. The van der Waals surface area contributed by atoms with Crippen LogP contribution in [0.3, 0.4) is 0 Å². The number of amides is 1. The third-order valence-electron chi connectivity index (χ3n) is 3.11. The molecule has 0 unspecified atom stereocenters. The van der Waals surface area contributed by atoms with Crippen molar-refractivity contribution < 1.29 is 18.3 Å². The van der Waals surface area contributed by atoms with Gasteiger partial charge in [0.2, 0.25) is 0 Å². The van der Waals surface area contributed by atoms with E-state index in [4.69, 9.17) is 4.74 Å². The summed E-state index contributed by atoms with van der Waals surface area (Å²) in [6.07, 6.45) is -2.60. The van der Waals surface area contributed by atoms with Crippen LogP contribution in [0.25, 0.3) is 0 Å². The summed E-state index contributed by atoms with van der Waals surface area (Å²) >= 11 is 0. The number of hydrogen-bond acceptors (Lipinski definition) is 2. The maximum Gasteiger partial charge on any atom is 0.263 e. The molecule has 2 aromatic rings. The Hall–Kier alpha value is -2.43. The zero-order chi connectivity index (χ0) is 14.3. The minimum atomic E-state index is -2.60.